The summed E-state index contributed by atoms with van der Waals surface area (Å²) in [6.07, 6.45) is 0. The molecule has 0 aliphatic carbocycles. The van der Waals surface area contributed by atoms with Crippen LogP contribution in [0, 0.1) is 12.7 Å². The van der Waals surface area contributed by atoms with E-state index in [-0.39, 0.29) is 9.37 Å². The first-order valence-corrected chi connectivity index (χ1v) is 8.23. The predicted octanol–water partition coefficient (Wildman–Crippen LogP) is 3.71. The van der Waals surface area contributed by atoms with Gasteiger partial charge < -0.3 is 4.74 Å². The molecule has 0 aliphatic heterocycles. The average molecular weight is 374 g/mol. The van der Waals surface area contributed by atoms with Gasteiger partial charge in [0.1, 0.15) is 16.5 Å². The molecule has 0 atom stereocenters. The van der Waals surface area contributed by atoms with Crippen molar-refractivity contribution in [2.45, 2.75) is 11.8 Å². The van der Waals surface area contributed by atoms with Crippen LogP contribution in [0.1, 0.15) is 5.56 Å². The summed E-state index contributed by atoms with van der Waals surface area (Å²) in [6.45, 7) is 1.87. The zero-order valence-corrected chi connectivity index (χ0v) is 13.8. The molecule has 0 aromatic heterocycles. The van der Waals surface area contributed by atoms with Crippen LogP contribution in [0.2, 0.25) is 0 Å². The molecule has 112 valence electrons. The molecule has 0 aliphatic rings. The number of anilines is 1. The minimum absolute atomic E-state index is 0.0495. The highest BCUT2D eigenvalue weighted by Gasteiger charge is 2.19. The van der Waals surface area contributed by atoms with Gasteiger partial charge in [-0.1, -0.05) is 6.07 Å². The van der Waals surface area contributed by atoms with Gasteiger partial charge in [0, 0.05) is 4.47 Å². The smallest absolute Gasteiger partial charge is 0.263 e. The summed E-state index contributed by atoms with van der Waals surface area (Å²) in [4.78, 5) is -0.0495. The van der Waals surface area contributed by atoms with Crippen LogP contribution in [0.3, 0.4) is 0 Å². The highest BCUT2D eigenvalue weighted by atomic mass is 79.9. The lowest BCUT2D eigenvalue weighted by atomic mass is 10.2. The third kappa shape index (κ3) is 3.54. The Kier molecular flexibility index (Phi) is 4.53. The molecular weight excluding hydrogens is 361 g/mol. The highest BCUT2D eigenvalue weighted by Crippen LogP contribution is 2.30. The SMILES string of the molecule is COc1cc(C)ccc1NS(=O)(=O)c1ccc(F)cc1Br. The Morgan fingerprint density at radius 3 is 2.52 bits per heavy atom. The Balaban J connectivity index is 2.42. The Morgan fingerprint density at radius 1 is 1.19 bits per heavy atom. The fourth-order valence-electron chi connectivity index (χ4n) is 1.78. The van der Waals surface area contributed by atoms with Crippen molar-refractivity contribution in [2.75, 3.05) is 11.8 Å². The zero-order chi connectivity index (χ0) is 15.6. The molecule has 2 rings (SSSR count). The van der Waals surface area contributed by atoms with E-state index in [1.807, 2.05) is 6.92 Å². The van der Waals surface area contributed by atoms with E-state index in [2.05, 4.69) is 20.7 Å². The third-order valence-corrected chi connectivity index (χ3v) is 5.13. The summed E-state index contributed by atoms with van der Waals surface area (Å²) in [5.74, 6) is -0.106. The van der Waals surface area contributed by atoms with Gasteiger partial charge in [0.25, 0.3) is 10.0 Å². The summed E-state index contributed by atoms with van der Waals surface area (Å²) in [6, 6.07) is 8.48. The first-order chi connectivity index (χ1) is 9.83. The van der Waals surface area contributed by atoms with Gasteiger partial charge in [-0.05, 0) is 58.7 Å². The Labute approximate surface area is 131 Å². The number of ether oxygens (including phenoxy) is 1. The number of hydrogen-bond donors (Lipinski definition) is 1. The number of aryl methyl sites for hydroxylation is 1. The van der Waals surface area contributed by atoms with Crippen LogP contribution in [-0.2, 0) is 10.0 Å². The van der Waals surface area contributed by atoms with Gasteiger partial charge in [0.2, 0.25) is 0 Å². The van der Waals surface area contributed by atoms with Crippen molar-refractivity contribution in [1.29, 1.82) is 0 Å². The topological polar surface area (TPSA) is 55.4 Å². The first kappa shape index (κ1) is 15.8. The highest BCUT2D eigenvalue weighted by molar-refractivity contribution is 9.10. The van der Waals surface area contributed by atoms with E-state index in [0.717, 1.165) is 17.7 Å². The molecule has 0 amide bonds. The lowest BCUT2D eigenvalue weighted by Crippen LogP contribution is -2.14. The number of rotatable bonds is 4. The number of benzene rings is 2. The van der Waals surface area contributed by atoms with Gasteiger partial charge in [-0.2, -0.15) is 0 Å². The van der Waals surface area contributed by atoms with Gasteiger partial charge in [-0.15, -0.1) is 0 Å². The largest absolute Gasteiger partial charge is 0.495 e. The fraction of sp³-hybridized carbons (Fsp3) is 0.143. The average Bonchev–Trinajstić information content (AvgIpc) is 2.40. The molecule has 0 spiro atoms. The van der Waals surface area contributed by atoms with Crippen molar-refractivity contribution in [3.8, 4) is 5.75 Å². The fourth-order valence-corrected chi connectivity index (χ4v) is 3.90. The van der Waals surface area contributed by atoms with Gasteiger partial charge in [-0.3, -0.25) is 4.72 Å². The maximum absolute atomic E-state index is 13.1. The van der Waals surface area contributed by atoms with Gasteiger partial charge >= 0.3 is 0 Å². The third-order valence-electron chi connectivity index (χ3n) is 2.78. The van der Waals surface area contributed by atoms with Crippen LogP contribution in [0.4, 0.5) is 10.1 Å². The van der Waals surface area contributed by atoms with Crippen LogP contribution in [-0.4, -0.2) is 15.5 Å². The predicted molar refractivity (Wildman–Crippen MR) is 82.6 cm³/mol. The lowest BCUT2D eigenvalue weighted by Gasteiger charge is -2.13. The maximum atomic E-state index is 13.1. The molecule has 7 heteroatoms. The van der Waals surface area contributed by atoms with Crippen molar-refractivity contribution in [3.05, 3.63) is 52.3 Å². The second kappa shape index (κ2) is 6.03. The Bertz CT molecular complexity index is 778. The monoisotopic (exact) mass is 373 g/mol. The van der Waals surface area contributed by atoms with E-state index < -0.39 is 15.8 Å². The number of nitrogens with one attached hydrogen (secondary N) is 1. The molecule has 0 saturated carbocycles. The summed E-state index contributed by atoms with van der Waals surface area (Å²) in [5, 5.41) is 0. The number of hydrogen-bond acceptors (Lipinski definition) is 3. The lowest BCUT2D eigenvalue weighted by molar-refractivity contribution is 0.416. The molecule has 4 nitrogen and oxygen atoms in total. The van der Waals surface area contributed by atoms with Gasteiger partial charge in [0.05, 0.1) is 12.8 Å². The molecule has 1 N–H and O–H groups in total. The molecule has 0 radical (unpaired) electrons. The second-order valence-electron chi connectivity index (χ2n) is 4.38. The molecule has 0 bridgehead atoms. The van der Waals surface area contributed by atoms with Crippen molar-refractivity contribution >= 4 is 31.6 Å². The van der Waals surface area contributed by atoms with Crippen LogP contribution in [0.15, 0.2) is 45.8 Å². The normalized spacial score (nSPS) is 11.2. The summed E-state index contributed by atoms with van der Waals surface area (Å²) < 4.78 is 45.5. The van der Waals surface area contributed by atoms with Crippen molar-refractivity contribution in [3.63, 3.8) is 0 Å². The quantitative estimate of drug-likeness (QED) is 0.888. The summed E-state index contributed by atoms with van der Waals surface area (Å²) in [7, 11) is -2.39. The minimum atomic E-state index is -3.85. The van der Waals surface area contributed by atoms with Crippen LogP contribution >= 0.6 is 15.9 Å². The van der Waals surface area contributed by atoms with Crippen LogP contribution in [0.25, 0.3) is 0 Å². The second-order valence-corrected chi connectivity index (χ2v) is 6.89. The maximum Gasteiger partial charge on any atom is 0.263 e. The van der Waals surface area contributed by atoms with Crippen LogP contribution < -0.4 is 9.46 Å². The van der Waals surface area contributed by atoms with Crippen LogP contribution in [0.5, 0.6) is 5.75 Å². The first-order valence-electron chi connectivity index (χ1n) is 5.96. The van der Waals surface area contributed by atoms with Gasteiger partial charge in [-0.25, -0.2) is 12.8 Å². The van der Waals surface area contributed by atoms with Crippen molar-refractivity contribution in [1.82, 2.24) is 0 Å². The minimum Gasteiger partial charge on any atom is -0.495 e. The Morgan fingerprint density at radius 2 is 1.90 bits per heavy atom. The molecule has 21 heavy (non-hydrogen) atoms. The molecule has 0 saturated heterocycles. The van der Waals surface area contributed by atoms with E-state index in [1.165, 1.54) is 13.2 Å². The van der Waals surface area contributed by atoms with E-state index in [4.69, 9.17) is 4.74 Å². The number of halogens is 2. The van der Waals surface area contributed by atoms with E-state index in [0.29, 0.717) is 11.4 Å². The molecule has 0 heterocycles. The summed E-state index contributed by atoms with van der Waals surface area (Å²) in [5.41, 5.74) is 1.26. The Hall–Kier alpha value is -1.60. The standard InChI is InChI=1S/C14H13BrFNO3S/c1-9-3-5-12(13(7-9)20-2)17-21(18,19)14-6-4-10(16)8-11(14)15/h3-8,17H,1-2H3. The molecule has 2 aromatic carbocycles. The van der Waals surface area contributed by atoms with E-state index in [1.54, 1.807) is 18.2 Å². The van der Waals surface area contributed by atoms with Crippen molar-refractivity contribution < 1.29 is 17.5 Å². The van der Waals surface area contributed by atoms with E-state index >= 15 is 0 Å². The molecular formula is C14H13BrFNO3S. The summed E-state index contributed by atoms with van der Waals surface area (Å²) >= 11 is 3.05. The molecule has 0 unspecified atom stereocenters. The number of methoxy groups -OCH3 is 1. The molecule has 2 aromatic rings. The van der Waals surface area contributed by atoms with E-state index in [9.17, 15) is 12.8 Å². The van der Waals surface area contributed by atoms with Gasteiger partial charge in [0.15, 0.2) is 0 Å². The molecule has 0 fully saturated rings. The van der Waals surface area contributed by atoms with Crippen molar-refractivity contribution in [2.24, 2.45) is 0 Å². The number of sulfonamides is 1. The zero-order valence-electron chi connectivity index (χ0n) is 11.4.